The van der Waals surface area contributed by atoms with Crippen LogP contribution in [0.4, 0.5) is 0 Å². The number of thioether (sulfide) groups is 1. The lowest BCUT2D eigenvalue weighted by molar-refractivity contribution is -0.130. The summed E-state index contributed by atoms with van der Waals surface area (Å²) in [6.45, 7) is 3.94. The molecule has 74 valence electrons. The van der Waals surface area contributed by atoms with Crippen molar-refractivity contribution < 1.29 is 9.59 Å². The maximum atomic E-state index is 11.3. The van der Waals surface area contributed by atoms with Crippen molar-refractivity contribution in [3.05, 3.63) is 0 Å². The molecule has 2 atom stereocenters. The molecule has 13 heavy (non-hydrogen) atoms. The Bertz CT molecular complexity index is 218. The molecule has 0 unspecified atom stereocenters. The van der Waals surface area contributed by atoms with Crippen molar-refractivity contribution >= 4 is 23.6 Å². The average Bonchev–Trinajstić information content (AvgIpc) is 2.09. The highest BCUT2D eigenvalue weighted by atomic mass is 32.2. The molecule has 2 amide bonds. The highest BCUT2D eigenvalue weighted by Crippen LogP contribution is 2.25. The fraction of sp³-hybridized carbons (Fsp3) is 0.778. The van der Waals surface area contributed by atoms with Crippen LogP contribution in [-0.2, 0) is 9.59 Å². The van der Waals surface area contributed by atoms with Gasteiger partial charge in [0.15, 0.2) is 0 Å². The van der Waals surface area contributed by atoms with E-state index in [2.05, 4.69) is 12.2 Å². The van der Waals surface area contributed by atoms with Gasteiger partial charge in [-0.3, -0.25) is 14.9 Å². The van der Waals surface area contributed by atoms with Gasteiger partial charge in [-0.1, -0.05) is 19.8 Å². The average molecular weight is 201 g/mol. The van der Waals surface area contributed by atoms with Crippen molar-refractivity contribution in [2.45, 2.75) is 43.6 Å². The molecule has 1 fully saturated rings. The Morgan fingerprint density at radius 2 is 2.08 bits per heavy atom. The molecule has 3 nitrogen and oxygen atoms in total. The smallest absolute Gasteiger partial charge is 0.239 e. The third-order valence-corrected chi connectivity index (χ3v) is 3.50. The summed E-state index contributed by atoms with van der Waals surface area (Å²) in [5, 5.41) is 2.28. The predicted molar refractivity (Wildman–Crippen MR) is 53.5 cm³/mol. The van der Waals surface area contributed by atoms with Crippen LogP contribution in [0, 0.1) is 0 Å². The van der Waals surface area contributed by atoms with Gasteiger partial charge in [-0.25, -0.2) is 0 Å². The van der Waals surface area contributed by atoms with Gasteiger partial charge < -0.3 is 0 Å². The van der Waals surface area contributed by atoms with Crippen LogP contribution in [0.15, 0.2) is 0 Å². The Morgan fingerprint density at radius 1 is 1.38 bits per heavy atom. The van der Waals surface area contributed by atoms with Gasteiger partial charge >= 0.3 is 0 Å². The van der Waals surface area contributed by atoms with Crippen LogP contribution >= 0.6 is 11.8 Å². The number of carbonyl (C=O) groups is 2. The minimum absolute atomic E-state index is 0.0207. The summed E-state index contributed by atoms with van der Waals surface area (Å²) < 4.78 is 0. The second-order valence-corrected chi connectivity index (χ2v) is 4.81. The van der Waals surface area contributed by atoms with Gasteiger partial charge in [-0.05, 0) is 13.3 Å². The normalized spacial score (nSPS) is 28.8. The number of hydrogen-bond acceptors (Lipinski definition) is 3. The first-order valence-electron chi connectivity index (χ1n) is 4.65. The van der Waals surface area contributed by atoms with Crippen molar-refractivity contribution in [3.63, 3.8) is 0 Å². The molecule has 1 N–H and O–H groups in total. The van der Waals surface area contributed by atoms with Gasteiger partial charge in [0.05, 0.1) is 10.5 Å². The summed E-state index contributed by atoms with van der Waals surface area (Å²) in [5.74, 6) is -0.260. The van der Waals surface area contributed by atoms with E-state index in [-0.39, 0.29) is 22.3 Å². The topological polar surface area (TPSA) is 46.2 Å². The number of nitrogens with one attached hydrogen (secondary N) is 1. The zero-order chi connectivity index (χ0) is 9.84. The third-order valence-electron chi connectivity index (χ3n) is 2.10. The quantitative estimate of drug-likeness (QED) is 0.701. The van der Waals surface area contributed by atoms with Crippen LogP contribution in [0.2, 0.25) is 0 Å². The first kappa shape index (κ1) is 10.6. The third kappa shape index (κ3) is 2.72. The molecule has 1 saturated heterocycles. The Hall–Kier alpha value is -0.510. The van der Waals surface area contributed by atoms with E-state index >= 15 is 0 Å². The van der Waals surface area contributed by atoms with Gasteiger partial charge in [-0.2, -0.15) is 0 Å². The van der Waals surface area contributed by atoms with E-state index in [1.807, 2.05) is 6.92 Å². The summed E-state index contributed by atoms with van der Waals surface area (Å²) in [6.07, 6.45) is 3.02. The molecule has 0 aromatic rings. The van der Waals surface area contributed by atoms with Crippen LogP contribution < -0.4 is 5.32 Å². The van der Waals surface area contributed by atoms with E-state index < -0.39 is 0 Å². The number of amides is 2. The molecule has 0 saturated carbocycles. The van der Waals surface area contributed by atoms with E-state index in [1.54, 1.807) is 0 Å². The Balaban J connectivity index is 2.46. The van der Waals surface area contributed by atoms with Gasteiger partial charge in [0.1, 0.15) is 0 Å². The fourth-order valence-electron chi connectivity index (χ4n) is 1.26. The molecule has 4 heteroatoms. The van der Waals surface area contributed by atoms with Gasteiger partial charge in [0, 0.05) is 0 Å². The van der Waals surface area contributed by atoms with Crippen LogP contribution in [0.1, 0.15) is 33.1 Å². The van der Waals surface area contributed by atoms with E-state index in [0.29, 0.717) is 0 Å². The van der Waals surface area contributed by atoms with Crippen LogP contribution in [0.25, 0.3) is 0 Å². The van der Waals surface area contributed by atoms with Crippen molar-refractivity contribution in [1.82, 2.24) is 5.32 Å². The van der Waals surface area contributed by atoms with Gasteiger partial charge in [-0.15, -0.1) is 11.8 Å². The molecule has 1 aliphatic rings. The number of imide groups is 1. The fourth-order valence-corrected chi connectivity index (χ4v) is 2.42. The van der Waals surface area contributed by atoms with Crippen LogP contribution in [0.3, 0.4) is 0 Å². The second-order valence-electron chi connectivity index (χ2n) is 3.26. The van der Waals surface area contributed by atoms with Crippen LogP contribution in [-0.4, -0.2) is 22.3 Å². The number of rotatable bonds is 3. The number of hydrogen-bond donors (Lipinski definition) is 1. The molecule has 0 bridgehead atoms. The second kappa shape index (κ2) is 4.65. The summed E-state index contributed by atoms with van der Waals surface area (Å²) in [6, 6.07) is 0. The summed E-state index contributed by atoms with van der Waals surface area (Å²) >= 11 is 1.48. The lowest BCUT2D eigenvalue weighted by Crippen LogP contribution is -2.47. The maximum absolute atomic E-state index is 11.3. The van der Waals surface area contributed by atoms with Crippen LogP contribution in [0.5, 0.6) is 0 Å². The molecule has 1 heterocycles. The van der Waals surface area contributed by atoms with E-state index in [4.69, 9.17) is 0 Å². The number of unbranched alkanes of at least 4 members (excludes halogenated alkanes) is 1. The molecule has 1 rings (SSSR count). The Kier molecular flexibility index (Phi) is 3.78. The lowest BCUT2D eigenvalue weighted by atomic mass is 10.2. The minimum Gasteiger partial charge on any atom is -0.295 e. The maximum Gasteiger partial charge on any atom is 0.239 e. The molecule has 1 aliphatic heterocycles. The molecule has 0 aromatic carbocycles. The van der Waals surface area contributed by atoms with Gasteiger partial charge in [0.25, 0.3) is 0 Å². The molecular formula is C9H15NO2S. The summed E-state index contributed by atoms with van der Waals surface area (Å²) in [5.41, 5.74) is 0. The minimum atomic E-state index is -0.150. The molecular weight excluding hydrogens is 186 g/mol. The standard InChI is InChI=1S/C9H15NO2S/c1-3-4-5-7-9(12)10-8(11)6(2)13-7/h6-7H,3-5H2,1-2H3,(H,10,11,12)/t6-,7-/m0/s1. The monoisotopic (exact) mass is 201 g/mol. The van der Waals surface area contributed by atoms with Crippen molar-refractivity contribution in [2.24, 2.45) is 0 Å². The van der Waals surface area contributed by atoms with Crippen molar-refractivity contribution in [1.29, 1.82) is 0 Å². The highest BCUT2D eigenvalue weighted by molar-refractivity contribution is 8.02. The highest BCUT2D eigenvalue weighted by Gasteiger charge is 2.31. The molecule has 0 aliphatic carbocycles. The first-order chi connectivity index (χ1) is 6.15. The predicted octanol–water partition coefficient (Wildman–Crippen LogP) is 1.32. The number of carbonyl (C=O) groups excluding carboxylic acids is 2. The zero-order valence-corrected chi connectivity index (χ0v) is 8.82. The summed E-state index contributed by atoms with van der Waals surface area (Å²) in [7, 11) is 0. The van der Waals surface area contributed by atoms with E-state index in [1.165, 1.54) is 11.8 Å². The van der Waals surface area contributed by atoms with Crippen molar-refractivity contribution in [3.8, 4) is 0 Å². The molecule has 0 aromatic heterocycles. The Morgan fingerprint density at radius 3 is 2.69 bits per heavy atom. The molecule has 0 spiro atoms. The molecule has 0 radical (unpaired) electrons. The lowest BCUT2D eigenvalue weighted by Gasteiger charge is -2.24. The van der Waals surface area contributed by atoms with E-state index in [9.17, 15) is 9.59 Å². The van der Waals surface area contributed by atoms with Gasteiger partial charge in [0.2, 0.25) is 11.8 Å². The SMILES string of the molecule is CCCC[C@@H]1S[C@@H](C)C(=O)NC1=O. The van der Waals surface area contributed by atoms with E-state index in [0.717, 1.165) is 19.3 Å². The Labute approximate surface area is 82.6 Å². The first-order valence-corrected chi connectivity index (χ1v) is 5.59. The summed E-state index contributed by atoms with van der Waals surface area (Å²) in [4.78, 5) is 22.4. The largest absolute Gasteiger partial charge is 0.295 e. The zero-order valence-electron chi connectivity index (χ0n) is 8.00. The van der Waals surface area contributed by atoms with Crippen molar-refractivity contribution in [2.75, 3.05) is 0 Å².